The summed E-state index contributed by atoms with van der Waals surface area (Å²) < 4.78 is 0. The molecule has 0 radical (unpaired) electrons. The second-order valence-electron chi connectivity index (χ2n) is 3.96. The molecule has 18 heavy (non-hydrogen) atoms. The minimum absolute atomic E-state index is 0.123. The summed E-state index contributed by atoms with van der Waals surface area (Å²) in [6.07, 6.45) is 1.71. The number of anilines is 1. The van der Waals surface area contributed by atoms with Gasteiger partial charge in [-0.25, -0.2) is 4.98 Å². The highest BCUT2D eigenvalue weighted by Gasteiger charge is 2.11. The van der Waals surface area contributed by atoms with E-state index in [1.54, 1.807) is 24.4 Å². The Morgan fingerprint density at radius 2 is 2.11 bits per heavy atom. The summed E-state index contributed by atoms with van der Waals surface area (Å²) in [4.78, 5) is 14.6. The van der Waals surface area contributed by atoms with E-state index in [1.807, 2.05) is 19.1 Å². The van der Waals surface area contributed by atoms with Crippen LogP contribution in [0.4, 0.5) is 11.5 Å². The molecule has 1 heterocycles. The standard InChI is InChI=1S/C13H13N3O2/c1-10-6-7-14-13(8-10)15-9-11-4-2-3-5-12(11)16(17)18/h2-8H,9H2,1H3,(H,14,15). The van der Waals surface area contributed by atoms with Crippen molar-refractivity contribution >= 4 is 11.5 Å². The Balaban J connectivity index is 2.13. The van der Waals surface area contributed by atoms with Gasteiger partial charge in [0.15, 0.2) is 0 Å². The third-order valence-electron chi connectivity index (χ3n) is 2.56. The molecule has 0 aliphatic heterocycles. The van der Waals surface area contributed by atoms with E-state index >= 15 is 0 Å². The van der Waals surface area contributed by atoms with Crippen molar-refractivity contribution in [2.45, 2.75) is 13.5 Å². The zero-order valence-electron chi connectivity index (χ0n) is 9.96. The Morgan fingerprint density at radius 3 is 2.83 bits per heavy atom. The van der Waals surface area contributed by atoms with Crippen molar-refractivity contribution < 1.29 is 4.92 Å². The molecule has 0 bridgehead atoms. The van der Waals surface area contributed by atoms with Crippen LogP contribution in [0.3, 0.4) is 0 Å². The van der Waals surface area contributed by atoms with Gasteiger partial charge < -0.3 is 5.32 Å². The van der Waals surface area contributed by atoms with Crippen LogP contribution in [0.1, 0.15) is 11.1 Å². The molecular formula is C13H13N3O2. The Morgan fingerprint density at radius 1 is 1.33 bits per heavy atom. The predicted octanol–water partition coefficient (Wildman–Crippen LogP) is 2.91. The van der Waals surface area contributed by atoms with Gasteiger partial charge in [-0.05, 0) is 24.6 Å². The Kier molecular flexibility index (Phi) is 3.52. The van der Waals surface area contributed by atoms with E-state index in [1.165, 1.54) is 6.07 Å². The molecule has 5 heteroatoms. The van der Waals surface area contributed by atoms with E-state index in [0.29, 0.717) is 17.9 Å². The van der Waals surface area contributed by atoms with E-state index in [9.17, 15) is 10.1 Å². The number of nitro groups is 1. The molecule has 0 saturated heterocycles. The molecule has 0 spiro atoms. The fraction of sp³-hybridized carbons (Fsp3) is 0.154. The molecule has 0 fully saturated rings. The third kappa shape index (κ3) is 2.82. The molecule has 1 aromatic heterocycles. The Labute approximate surface area is 105 Å². The molecule has 0 aliphatic carbocycles. The topological polar surface area (TPSA) is 68.1 Å². The van der Waals surface area contributed by atoms with Gasteiger partial charge in [-0.1, -0.05) is 18.2 Å². The fourth-order valence-electron chi connectivity index (χ4n) is 1.66. The number of nitrogens with zero attached hydrogens (tertiary/aromatic N) is 2. The smallest absolute Gasteiger partial charge is 0.274 e. The normalized spacial score (nSPS) is 10.1. The zero-order chi connectivity index (χ0) is 13.0. The van der Waals surface area contributed by atoms with Crippen LogP contribution in [0.25, 0.3) is 0 Å². The van der Waals surface area contributed by atoms with Crippen molar-refractivity contribution in [1.29, 1.82) is 0 Å². The highest BCUT2D eigenvalue weighted by atomic mass is 16.6. The SMILES string of the molecule is Cc1ccnc(NCc2ccccc2[N+](=O)[O-])c1. The number of benzene rings is 1. The van der Waals surface area contributed by atoms with Crippen LogP contribution in [0, 0.1) is 17.0 Å². The summed E-state index contributed by atoms with van der Waals surface area (Å²) in [5.41, 5.74) is 1.86. The molecule has 0 unspecified atom stereocenters. The summed E-state index contributed by atoms with van der Waals surface area (Å²) in [5, 5.41) is 13.9. The largest absolute Gasteiger partial charge is 0.366 e. The van der Waals surface area contributed by atoms with Crippen molar-refractivity contribution in [3.63, 3.8) is 0 Å². The van der Waals surface area contributed by atoms with E-state index in [-0.39, 0.29) is 10.6 Å². The summed E-state index contributed by atoms with van der Waals surface area (Å²) in [6.45, 7) is 2.35. The van der Waals surface area contributed by atoms with Gasteiger partial charge in [0.2, 0.25) is 0 Å². The number of pyridine rings is 1. The predicted molar refractivity (Wildman–Crippen MR) is 69.4 cm³/mol. The van der Waals surface area contributed by atoms with Gasteiger partial charge in [0, 0.05) is 24.4 Å². The Bertz CT molecular complexity index is 570. The molecule has 0 atom stereocenters. The maximum absolute atomic E-state index is 10.8. The fourth-order valence-corrected chi connectivity index (χ4v) is 1.66. The van der Waals surface area contributed by atoms with Crippen molar-refractivity contribution in [3.05, 3.63) is 63.8 Å². The first-order valence-electron chi connectivity index (χ1n) is 5.55. The minimum atomic E-state index is -0.374. The summed E-state index contributed by atoms with van der Waals surface area (Å²) in [6, 6.07) is 10.5. The maximum Gasteiger partial charge on any atom is 0.274 e. The molecule has 0 amide bonds. The first-order valence-corrected chi connectivity index (χ1v) is 5.55. The van der Waals surface area contributed by atoms with Crippen LogP contribution in [0.5, 0.6) is 0 Å². The van der Waals surface area contributed by atoms with Gasteiger partial charge in [0.1, 0.15) is 5.82 Å². The summed E-state index contributed by atoms with van der Waals surface area (Å²) >= 11 is 0. The molecule has 1 N–H and O–H groups in total. The lowest BCUT2D eigenvalue weighted by molar-refractivity contribution is -0.385. The maximum atomic E-state index is 10.8. The number of para-hydroxylation sites is 1. The van der Waals surface area contributed by atoms with Crippen molar-refractivity contribution in [2.75, 3.05) is 5.32 Å². The minimum Gasteiger partial charge on any atom is -0.366 e. The van der Waals surface area contributed by atoms with Crippen molar-refractivity contribution in [2.24, 2.45) is 0 Å². The number of hydrogen-bond acceptors (Lipinski definition) is 4. The van der Waals surface area contributed by atoms with E-state index in [0.717, 1.165) is 5.56 Å². The number of aryl methyl sites for hydroxylation is 1. The number of hydrogen-bond donors (Lipinski definition) is 1. The van der Waals surface area contributed by atoms with Gasteiger partial charge >= 0.3 is 0 Å². The van der Waals surface area contributed by atoms with Gasteiger partial charge in [-0.15, -0.1) is 0 Å². The molecule has 92 valence electrons. The summed E-state index contributed by atoms with van der Waals surface area (Å²) in [7, 11) is 0. The average molecular weight is 243 g/mol. The van der Waals surface area contributed by atoms with Crippen LogP contribution in [-0.2, 0) is 6.54 Å². The van der Waals surface area contributed by atoms with Gasteiger partial charge in [0.05, 0.1) is 4.92 Å². The molecule has 2 aromatic rings. The quantitative estimate of drug-likeness (QED) is 0.662. The number of nitrogens with one attached hydrogen (secondary N) is 1. The first kappa shape index (κ1) is 12.0. The zero-order valence-corrected chi connectivity index (χ0v) is 9.96. The Hall–Kier alpha value is -2.43. The molecule has 2 rings (SSSR count). The van der Waals surface area contributed by atoms with Crippen molar-refractivity contribution in [1.82, 2.24) is 4.98 Å². The van der Waals surface area contributed by atoms with Crippen LogP contribution < -0.4 is 5.32 Å². The highest BCUT2D eigenvalue weighted by Crippen LogP contribution is 2.18. The first-order chi connectivity index (χ1) is 8.66. The average Bonchev–Trinajstić information content (AvgIpc) is 2.37. The molecule has 0 aliphatic rings. The molecular weight excluding hydrogens is 230 g/mol. The number of nitro benzene ring substituents is 1. The van der Waals surface area contributed by atoms with Crippen LogP contribution >= 0.6 is 0 Å². The van der Waals surface area contributed by atoms with E-state index in [2.05, 4.69) is 10.3 Å². The van der Waals surface area contributed by atoms with E-state index in [4.69, 9.17) is 0 Å². The van der Waals surface area contributed by atoms with Crippen LogP contribution in [0.15, 0.2) is 42.6 Å². The van der Waals surface area contributed by atoms with Crippen molar-refractivity contribution in [3.8, 4) is 0 Å². The molecule has 5 nitrogen and oxygen atoms in total. The lowest BCUT2D eigenvalue weighted by atomic mass is 10.2. The third-order valence-corrected chi connectivity index (χ3v) is 2.56. The van der Waals surface area contributed by atoms with Gasteiger partial charge in [-0.3, -0.25) is 10.1 Å². The lowest BCUT2D eigenvalue weighted by Crippen LogP contribution is -2.04. The van der Waals surface area contributed by atoms with Crippen LogP contribution in [0.2, 0.25) is 0 Å². The highest BCUT2D eigenvalue weighted by molar-refractivity contribution is 5.44. The monoisotopic (exact) mass is 243 g/mol. The summed E-state index contributed by atoms with van der Waals surface area (Å²) in [5.74, 6) is 0.716. The second kappa shape index (κ2) is 5.27. The van der Waals surface area contributed by atoms with Gasteiger partial charge in [-0.2, -0.15) is 0 Å². The van der Waals surface area contributed by atoms with Crippen LogP contribution in [-0.4, -0.2) is 9.91 Å². The number of aromatic nitrogens is 1. The van der Waals surface area contributed by atoms with Gasteiger partial charge in [0.25, 0.3) is 5.69 Å². The molecule has 1 aromatic carbocycles. The lowest BCUT2D eigenvalue weighted by Gasteiger charge is -2.06. The molecule has 0 saturated carbocycles. The van der Waals surface area contributed by atoms with E-state index < -0.39 is 0 Å². The number of rotatable bonds is 4. The second-order valence-corrected chi connectivity index (χ2v) is 3.96.